The van der Waals surface area contributed by atoms with Gasteiger partial charge in [-0.15, -0.1) is 0 Å². The van der Waals surface area contributed by atoms with Crippen molar-refractivity contribution in [3.8, 4) is 11.5 Å². The van der Waals surface area contributed by atoms with E-state index in [1.807, 2.05) is 0 Å². The van der Waals surface area contributed by atoms with Crippen LogP contribution in [0.3, 0.4) is 0 Å². The van der Waals surface area contributed by atoms with Gasteiger partial charge in [0.1, 0.15) is 13.2 Å². The lowest BCUT2D eigenvalue weighted by Gasteiger charge is -2.44. The van der Waals surface area contributed by atoms with Crippen LogP contribution in [0.1, 0.15) is 18.4 Å². The van der Waals surface area contributed by atoms with Crippen molar-refractivity contribution in [3.63, 3.8) is 0 Å². The molecule has 0 spiro atoms. The molecule has 3 rings (SSSR count). The van der Waals surface area contributed by atoms with E-state index >= 15 is 0 Å². The van der Waals surface area contributed by atoms with Gasteiger partial charge in [-0.1, -0.05) is 6.07 Å². The van der Waals surface area contributed by atoms with Gasteiger partial charge in [0.05, 0.1) is 0 Å². The number of hydrogen-bond donors (Lipinski definition) is 1. The van der Waals surface area contributed by atoms with Crippen molar-refractivity contribution in [3.05, 3.63) is 23.8 Å². The maximum atomic E-state index is 5.72. The fourth-order valence-electron chi connectivity index (χ4n) is 3.17. The molecule has 0 atom stereocenters. The van der Waals surface area contributed by atoms with Crippen molar-refractivity contribution in [1.29, 1.82) is 0 Å². The van der Waals surface area contributed by atoms with Gasteiger partial charge in [0.25, 0.3) is 0 Å². The number of ether oxygens (including phenoxy) is 2. The highest BCUT2D eigenvalue weighted by Crippen LogP contribution is 2.40. The summed E-state index contributed by atoms with van der Waals surface area (Å²) in [6.45, 7) is 3.42. The summed E-state index contributed by atoms with van der Waals surface area (Å²) in [5.41, 5.74) is 1.45. The van der Waals surface area contributed by atoms with E-state index in [4.69, 9.17) is 9.47 Å². The summed E-state index contributed by atoms with van der Waals surface area (Å²) in [5.74, 6) is 1.77. The number of piperidine rings is 1. The first-order chi connectivity index (χ1) is 9.22. The highest BCUT2D eigenvalue weighted by molar-refractivity contribution is 5.46. The van der Waals surface area contributed by atoms with Gasteiger partial charge in [0, 0.05) is 5.54 Å². The van der Waals surface area contributed by atoms with Crippen LogP contribution < -0.4 is 14.8 Å². The fourth-order valence-corrected chi connectivity index (χ4v) is 3.17. The van der Waals surface area contributed by atoms with Gasteiger partial charge in [-0.05, 0) is 57.7 Å². The molecule has 0 bridgehead atoms. The molecular formula is C15H22N2O2. The number of fused-ring (bicyclic) bond motifs is 1. The van der Waals surface area contributed by atoms with E-state index in [2.05, 4.69) is 42.5 Å². The van der Waals surface area contributed by atoms with E-state index in [0.717, 1.165) is 37.4 Å². The van der Waals surface area contributed by atoms with Gasteiger partial charge in [-0.2, -0.15) is 0 Å². The van der Waals surface area contributed by atoms with Gasteiger partial charge >= 0.3 is 0 Å². The minimum Gasteiger partial charge on any atom is -0.486 e. The molecular weight excluding hydrogens is 240 g/mol. The zero-order valence-corrected chi connectivity index (χ0v) is 11.7. The summed E-state index contributed by atoms with van der Waals surface area (Å²) < 4.78 is 11.3. The van der Waals surface area contributed by atoms with E-state index in [9.17, 15) is 0 Å². The van der Waals surface area contributed by atoms with E-state index in [1.54, 1.807) is 0 Å². The fraction of sp³-hybridized carbons (Fsp3) is 0.600. The average molecular weight is 262 g/mol. The Bertz CT molecular complexity index is 453. The maximum absolute atomic E-state index is 5.72. The number of benzene rings is 1. The first-order valence-electron chi connectivity index (χ1n) is 7.01. The average Bonchev–Trinajstić information content (AvgIpc) is 2.47. The summed E-state index contributed by atoms with van der Waals surface area (Å²) in [4.78, 5) is 2.35. The molecule has 1 aromatic carbocycles. The molecule has 0 aliphatic carbocycles. The Morgan fingerprint density at radius 1 is 1.05 bits per heavy atom. The molecule has 19 heavy (non-hydrogen) atoms. The van der Waals surface area contributed by atoms with Crippen LogP contribution in [0, 0.1) is 0 Å². The molecule has 4 heteroatoms. The van der Waals surface area contributed by atoms with E-state index < -0.39 is 0 Å². The monoisotopic (exact) mass is 262 g/mol. The zero-order valence-electron chi connectivity index (χ0n) is 11.7. The Labute approximate surface area is 114 Å². The van der Waals surface area contributed by atoms with Crippen LogP contribution in [-0.2, 0) is 5.54 Å². The molecule has 2 aliphatic heterocycles. The minimum absolute atomic E-state index is 0.112. The second-order valence-electron chi connectivity index (χ2n) is 5.53. The van der Waals surface area contributed by atoms with Crippen LogP contribution in [0.25, 0.3) is 0 Å². The molecule has 0 unspecified atom stereocenters. The topological polar surface area (TPSA) is 33.7 Å². The van der Waals surface area contributed by atoms with Crippen LogP contribution in [-0.4, -0.2) is 45.3 Å². The summed E-state index contributed by atoms with van der Waals surface area (Å²) >= 11 is 0. The Balaban J connectivity index is 1.98. The highest BCUT2D eigenvalue weighted by Gasteiger charge is 2.36. The molecule has 1 fully saturated rings. The normalized spacial score (nSPS) is 21.4. The van der Waals surface area contributed by atoms with Crippen LogP contribution >= 0.6 is 0 Å². The SMILES string of the molecule is CN(C)C1(c2ccc3c(c2)OCCO3)CCNCC1. The Hall–Kier alpha value is -1.26. The molecule has 0 aromatic heterocycles. The molecule has 0 amide bonds. The smallest absolute Gasteiger partial charge is 0.161 e. The second kappa shape index (κ2) is 5.02. The van der Waals surface area contributed by atoms with Gasteiger partial charge < -0.3 is 14.8 Å². The summed E-state index contributed by atoms with van der Waals surface area (Å²) in [7, 11) is 4.34. The molecule has 1 saturated heterocycles. The molecule has 1 N–H and O–H groups in total. The largest absolute Gasteiger partial charge is 0.486 e. The standard InChI is InChI=1S/C15H22N2O2/c1-17(2)15(5-7-16-8-6-15)12-3-4-13-14(11-12)19-10-9-18-13/h3-4,11,16H,5-10H2,1-2H3. The van der Waals surface area contributed by atoms with Gasteiger partial charge in [0.2, 0.25) is 0 Å². The first-order valence-corrected chi connectivity index (χ1v) is 7.01. The zero-order chi connectivity index (χ0) is 13.3. The van der Waals surface area contributed by atoms with E-state index in [0.29, 0.717) is 13.2 Å². The molecule has 1 aromatic rings. The van der Waals surface area contributed by atoms with Crippen molar-refractivity contribution < 1.29 is 9.47 Å². The van der Waals surface area contributed by atoms with E-state index in [1.165, 1.54) is 5.56 Å². The van der Waals surface area contributed by atoms with Crippen LogP contribution in [0.4, 0.5) is 0 Å². The number of hydrogen-bond acceptors (Lipinski definition) is 4. The number of nitrogens with one attached hydrogen (secondary N) is 1. The van der Waals surface area contributed by atoms with Crippen molar-refractivity contribution >= 4 is 0 Å². The predicted molar refractivity (Wildman–Crippen MR) is 74.9 cm³/mol. The molecule has 2 heterocycles. The van der Waals surface area contributed by atoms with Crippen molar-refractivity contribution in [2.75, 3.05) is 40.4 Å². The third-order valence-electron chi connectivity index (χ3n) is 4.37. The Kier molecular flexibility index (Phi) is 3.37. The second-order valence-corrected chi connectivity index (χ2v) is 5.53. The molecule has 4 nitrogen and oxygen atoms in total. The lowest BCUT2D eigenvalue weighted by atomic mass is 9.80. The summed E-state index contributed by atoms with van der Waals surface area (Å²) in [6, 6.07) is 6.41. The van der Waals surface area contributed by atoms with Gasteiger partial charge in [-0.25, -0.2) is 0 Å². The quantitative estimate of drug-likeness (QED) is 0.878. The Morgan fingerprint density at radius 2 is 1.74 bits per heavy atom. The predicted octanol–water partition coefficient (Wildman–Crippen LogP) is 1.60. The summed E-state index contributed by atoms with van der Waals surface area (Å²) in [5, 5.41) is 3.44. The number of nitrogens with zero attached hydrogens (tertiary/aromatic N) is 1. The highest BCUT2D eigenvalue weighted by atomic mass is 16.6. The third-order valence-corrected chi connectivity index (χ3v) is 4.37. The number of rotatable bonds is 2. The first kappa shape index (κ1) is 12.8. The van der Waals surface area contributed by atoms with E-state index in [-0.39, 0.29) is 5.54 Å². The van der Waals surface area contributed by atoms with Gasteiger partial charge in [0.15, 0.2) is 11.5 Å². The third kappa shape index (κ3) is 2.19. The lowest BCUT2D eigenvalue weighted by Crippen LogP contribution is -2.49. The van der Waals surface area contributed by atoms with Crippen LogP contribution in [0.5, 0.6) is 11.5 Å². The molecule has 104 valence electrons. The molecule has 0 saturated carbocycles. The Morgan fingerprint density at radius 3 is 2.42 bits per heavy atom. The lowest BCUT2D eigenvalue weighted by molar-refractivity contribution is 0.106. The van der Waals surface area contributed by atoms with Crippen molar-refractivity contribution in [2.45, 2.75) is 18.4 Å². The minimum atomic E-state index is 0.112. The molecule has 0 radical (unpaired) electrons. The van der Waals surface area contributed by atoms with Gasteiger partial charge in [-0.3, -0.25) is 4.90 Å². The summed E-state index contributed by atoms with van der Waals surface area (Å²) in [6.07, 6.45) is 2.25. The van der Waals surface area contributed by atoms with Crippen LogP contribution in [0.15, 0.2) is 18.2 Å². The van der Waals surface area contributed by atoms with Crippen molar-refractivity contribution in [1.82, 2.24) is 10.2 Å². The van der Waals surface area contributed by atoms with Crippen LogP contribution in [0.2, 0.25) is 0 Å². The van der Waals surface area contributed by atoms with Crippen molar-refractivity contribution in [2.24, 2.45) is 0 Å². The molecule has 2 aliphatic rings. The maximum Gasteiger partial charge on any atom is 0.161 e.